The van der Waals surface area contributed by atoms with E-state index >= 15 is 0 Å². The Morgan fingerprint density at radius 3 is 2.69 bits per heavy atom. The lowest BCUT2D eigenvalue weighted by molar-refractivity contribution is 0.353. The van der Waals surface area contributed by atoms with Gasteiger partial charge in [0.1, 0.15) is 11.5 Å². The summed E-state index contributed by atoms with van der Waals surface area (Å²) < 4.78 is 14.8. The van der Waals surface area contributed by atoms with Crippen molar-refractivity contribution in [3.63, 3.8) is 0 Å². The number of allylic oxidation sites excluding steroid dienone is 5. The Bertz CT molecular complexity index is 1990. The third-order valence-electron chi connectivity index (χ3n) is 8.88. The fourth-order valence-electron chi connectivity index (χ4n) is 6.40. The number of hydrogen-bond acceptors (Lipinski definition) is 7. The predicted molar refractivity (Wildman–Crippen MR) is 195 cm³/mol. The summed E-state index contributed by atoms with van der Waals surface area (Å²) >= 11 is 0. The van der Waals surface area contributed by atoms with E-state index in [2.05, 4.69) is 54.9 Å². The maximum Gasteiger partial charge on any atom is 0.159 e. The van der Waals surface area contributed by atoms with Gasteiger partial charge in [-0.3, -0.25) is 15.1 Å². The van der Waals surface area contributed by atoms with E-state index in [9.17, 15) is 4.39 Å². The summed E-state index contributed by atoms with van der Waals surface area (Å²) in [4.78, 5) is 19.6. The number of rotatable bonds is 13. The van der Waals surface area contributed by atoms with Crippen molar-refractivity contribution in [3.05, 3.63) is 97.1 Å². The molecule has 0 aliphatic heterocycles. The zero-order valence-corrected chi connectivity index (χ0v) is 28.0. The van der Waals surface area contributed by atoms with Gasteiger partial charge in [-0.15, -0.1) is 0 Å². The Hall–Kier alpha value is -5.09. The standard InChI is InChI=1S/C38H44FN9/c1-6-26(17-29(7-2)43-24(3)15-25-11-9-8-10-12-25)33-20-31-34(23-42-33)46-47-37(31)38-44-35-22-40-21-32(36(35)45-38)27-16-28(39)19-30(18-27)41-13-14-48(4)5/h6-7,16-23,25,41,43H,2-3,8-15H2,1,4-5H3,(H,44,45)(H,46,47)/b26-6+,29-17+. The van der Waals surface area contributed by atoms with Crippen LogP contribution >= 0.6 is 0 Å². The van der Waals surface area contributed by atoms with E-state index in [0.29, 0.717) is 40.7 Å². The molecule has 0 bridgehead atoms. The number of nitrogens with zero attached hydrogens (tertiary/aromatic N) is 5. The minimum absolute atomic E-state index is 0.330. The lowest BCUT2D eigenvalue weighted by Gasteiger charge is -2.23. The number of benzene rings is 1. The number of fused-ring (bicyclic) bond motifs is 2. The van der Waals surface area contributed by atoms with Gasteiger partial charge in [0.25, 0.3) is 0 Å². The number of halogens is 1. The Morgan fingerprint density at radius 2 is 1.92 bits per heavy atom. The number of likely N-dealkylation sites (N-methyl/N-ethyl adjacent to an activating group) is 1. The van der Waals surface area contributed by atoms with Crippen LogP contribution in [0.2, 0.25) is 0 Å². The highest BCUT2D eigenvalue weighted by molar-refractivity contribution is 5.97. The normalized spacial score (nSPS) is 14.6. The van der Waals surface area contributed by atoms with Gasteiger partial charge < -0.3 is 20.5 Å². The van der Waals surface area contributed by atoms with Crippen LogP contribution in [0.1, 0.15) is 51.1 Å². The molecule has 0 atom stereocenters. The van der Waals surface area contributed by atoms with E-state index in [-0.39, 0.29) is 5.82 Å². The van der Waals surface area contributed by atoms with Crippen LogP contribution in [0.15, 0.2) is 85.6 Å². The first-order valence-corrected chi connectivity index (χ1v) is 16.6. The molecular formula is C38H44FN9. The largest absolute Gasteiger partial charge is 0.384 e. The molecule has 6 rings (SSSR count). The molecule has 10 heteroatoms. The third-order valence-corrected chi connectivity index (χ3v) is 8.88. The highest BCUT2D eigenvalue weighted by Gasteiger charge is 2.18. The van der Waals surface area contributed by atoms with Crippen molar-refractivity contribution >= 4 is 33.2 Å². The minimum atomic E-state index is -0.330. The molecule has 0 amide bonds. The predicted octanol–water partition coefficient (Wildman–Crippen LogP) is 8.22. The average Bonchev–Trinajstić information content (AvgIpc) is 3.70. The molecule has 248 valence electrons. The van der Waals surface area contributed by atoms with Crippen molar-refractivity contribution in [1.29, 1.82) is 0 Å². The zero-order chi connectivity index (χ0) is 33.6. The SMILES string of the molecule is C=C/C(=C\C(=C/C)c1cc2c(-c3nc4c(-c5cc(F)cc(NCCN(C)C)c5)cncc4[nH]3)n[nH]c2cn1)NC(=C)CC1CCCCC1. The Kier molecular flexibility index (Phi) is 10.1. The zero-order valence-electron chi connectivity index (χ0n) is 28.0. The van der Waals surface area contributed by atoms with Gasteiger partial charge in [0.05, 0.1) is 34.6 Å². The molecule has 48 heavy (non-hydrogen) atoms. The van der Waals surface area contributed by atoms with Gasteiger partial charge >= 0.3 is 0 Å². The summed E-state index contributed by atoms with van der Waals surface area (Å²) in [5, 5.41) is 15.4. The molecular weight excluding hydrogens is 601 g/mol. The van der Waals surface area contributed by atoms with Gasteiger partial charge in [-0.05, 0) is 80.9 Å². The van der Waals surface area contributed by atoms with Gasteiger partial charge in [0.15, 0.2) is 5.82 Å². The smallest absolute Gasteiger partial charge is 0.159 e. The molecule has 1 aromatic carbocycles. The van der Waals surface area contributed by atoms with Crippen molar-refractivity contribution in [3.8, 4) is 22.6 Å². The number of imidazole rings is 1. The quantitative estimate of drug-likeness (QED) is 0.0955. The second-order valence-corrected chi connectivity index (χ2v) is 12.8. The van der Waals surface area contributed by atoms with Crippen LogP contribution in [0, 0.1) is 11.7 Å². The van der Waals surface area contributed by atoms with E-state index in [0.717, 1.165) is 57.6 Å². The van der Waals surface area contributed by atoms with Crippen molar-refractivity contribution < 1.29 is 4.39 Å². The lowest BCUT2D eigenvalue weighted by Crippen LogP contribution is -2.20. The van der Waals surface area contributed by atoms with E-state index in [1.165, 1.54) is 44.2 Å². The van der Waals surface area contributed by atoms with Crippen LogP contribution in [0.4, 0.5) is 10.1 Å². The van der Waals surface area contributed by atoms with Crippen LogP contribution in [0.3, 0.4) is 0 Å². The van der Waals surface area contributed by atoms with Gasteiger partial charge in [-0.25, -0.2) is 9.37 Å². The molecule has 1 aliphatic rings. The molecule has 4 N–H and O–H groups in total. The molecule has 9 nitrogen and oxygen atoms in total. The topological polar surface area (TPSA) is 110 Å². The lowest BCUT2D eigenvalue weighted by atomic mass is 9.86. The van der Waals surface area contributed by atoms with Crippen LogP contribution in [0.5, 0.6) is 0 Å². The summed E-state index contributed by atoms with van der Waals surface area (Å²) in [6.45, 7) is 11.9. The number of anilines is 1. The molecule has 0 radical (unpaired) electrons. The first kappa shape index (κ1) is 32.8. The van der Waals surface area contributed by atoms with E-state index in [1.54, 1.807) is 18.6 Å². The van der Waals surface area contributed by atoms with Crippen molar-refractivity contribution in [2.24, 2.45) is 5.92 Å². The highest BCUT2D eigenvalue weighted by atomic mass is 19.1. The second kappa shape index (κ2) is 14.8. The first-order valence-electron chi connectivity index (χ1n) is 16.6. The number of hydrogen-bond donors (Lipinski definition) is 4. The number of aromatic amines is 2. The Balaban J connectivity index is 1.28. The molecule has 0 spiro atoms. The Morgan fingerprint density at radius 1 is 1.08 bits per heavy atom. The summed E-state index contributed by atoms with van der Waals surface area (Å²) in [5.74, 6) is 0.942. The minimum Gasteiger partial charge on any atom is -0.384 e. The fraction of sp³-hybridized carbons (Fsp3) is 0.316. The van der Waals surface area contributed by atoms with Gasteiger partial charge in [-0.2, -0.15) is 5.10 Å². The number of pyridine rings is 2. The average molecular weight is 646 g/mol. The van der Waals surface area contributed by atoms with E-state index in [1.807, 2.05) is 45.3 Å². The van der Waals surface area contributed by atoms with E-state index < -0.39 is 0 Å². The first-order chi connectivity index (χ1) is 23.3. The number of nitrogens with one attached hydrogen (secondary N) is 4. The molecule has 5 aromatic rings. The highest BCUT2D eigenvalue weighted by Crippen LogP contribution is 2.33. The monoisotopic (exact) mass is 645 g/mol. The fourth-order valence-corrected chi connectivity index (χ4v) is 6.40. The molecule has 4 heterocycles. The van der Waals surface area contributed by atoms with Crippen molar-refractivity contribution in [2.45, 2.75) is 45.4 Å². The van der Waals surface area contributed by atoms with Crippen LogP contribution in [-0.4, -0.2) is 62.2 Å². The van der Waals surface area contributed by atoms with Crippen LogP contribution in [0.25, 0.3) is 50.2 Å². The molecule has 1 fully saturated rings. The maximum absolute atomic E-state index is 14.8. The molecule has 1 saturated carbocycles. The molecule has 0 unspecified atom stereocenters. The third kappa shape index (κ3) is 7.55. The van der Waals surface area contributed by atoms with Gasteiger partial charge in [0, 0.05) is 47.3 Å². The number of aromatic nitrogens is 6. The Labute approximate surface area is 281 Å². The summed E-state index contributed by atoms with van der Waals surface area (Å²) in [6.07, 6.45) is 18.6. The van der Waals surface area contributed by atoms with E-state index in [4.69, 9.17) is 9.97 Å². The summed E-state index contributed by atoms with van der Waals surface area (Å²) in [6, 6.07) is 6.95. The maximum atomic E-state index is 14.8. The second-order valence-electron chi connectivity index (χ2n) is 12.8. The molecule has 1 aliphatic carbocycles. The van der Waals surface area contributed by atoms with Crippen molar-refractivity contribution in [1.82, 2.24) is 40.3 Å². The van der Waals surface area contributed by atoms with Crippen LogP contribution < -0.4 is 10.6 Å². The summed E-state index contributed by atoms with van der Waals surface area (Å²) in [7, 11) is 4.01. The molecule has 4 aromatic heterocycles. The summed E-state index contributed by atoms with van der Waals surface area (Å²) in [5.41, 5.74) is 8.59. The van der Waals surface area contributed by atoms with Crippen molar-refractivity contribution in [2.75, 3.05) is 32.5 Å². The van der Waals surface area contributed by atoms with Gasteiger partial charge in [0.2, 0.25) is 0 Å². The van der Waals surface area contributed by atoms with Crippen LogP contribution in [-0.2, 0) is 0 Å². The van der Waals surface area contributed by atoms with Gasteiger partial charge in [-0.1, -0.05) is 51.3 Å². The number of H-pyrrole nitrogens is 2. The molecule has 0 saturated heterocycles.